The largest absolute Gasteiger partial charge is 0.417 e. The molecule has 3 N–H and O–H groups in total. The molecule has 9 heteroatoms. The van der Waals surface area contributed by atoms with Gasteiger partial charge in [0.25, 0.3) is 0 Å². The van der Waals surface area contributed by atoms with Crippen molar-refractivity contribution in [1.82, 2.24) is 0 Å². The quantitative estimate of drug-likeness (QED) is 0.716. The summed E-state index contributed by atoms with van der Waals surface area (Å²) in [6, 6.07) is 9.80. The summed E-state index contributed by atoms with van der Waals surface area (Å²) in [5.41, 5.74) is 0.0855. The number of amides is 2. The Labute approximate surface area is 152 Å². The van der Waals surface area contributed by atoms with Gasteiger partial charge in [0.05, 0.1) is 17.1 Å². The third-order valence-corrected chi connectivity index (χ3v) is 3.52. The first-order valence-corrected chi connectivity index (χ1v) is 7.81. The molecule has 2 amide bonds. The van der Waals surface area contributed by atoms with Gasteiger partial charge in [-0.2, -0.15) is 13.2 Å². The number of hydrogen-bond acceptors (Lipinski definition) is 3. The number of rotatable bonds is 5. The maximum absolute atomic E-state index is 12.8. The van der Waals surface area contributed by atoms with Gasteiger partial charge in [-0.3, -0.25) is 9.59 Å². The summed E-state index contributed by atoms with van der Waals surface area (Å²) in [6.07, 6.45) is -4.61. The highest BCUT2D eigenvalue weighted by atomic mass is 35.5. The molecule has 0 radical (unpaired) electrons. The van der Waals surface area contributed by atoms with Crippen molar-refractivity contribution in [3.8, 4) is 0 Å². The minimum atomic E-state index is -4.61. The highest BCUT2D eigenvalue weighted by molar-refractivity contribution is 6.31. The molecule has 138 valence electrons. The molecule has 26 heavy (non-hydrogen) atoms. The number of alkyl halides is 3. The van der Waals surface area contributed by atoms with Crippen LogP contribution in [0.15, 0.2) is 42.5 Å². The topological polar surface area (TPSA) is 70.2 Å². The molecule has 0 aliphatic rings. The summed E-state index contributed by atoms with van der Waals surface area (Å²) in [7, 11) is 0. The Morgan fingerprint density at radius 2 is 1.65 bits per heavy atom. The lowest BCUT2D eigenvalue weighted by Gasteiger charge is -2.12. The van der Waals surface area contributed by atoms with Crippen molar-refractivity contribution in [2.24, 2.45) is 0 Å². The lowest BCUT2D eigenvalue weighted by molar-refractivity contribution is -0.137. The summed E-state index contributed by atoms with van der Waals surface area (Å²) in [5.74, 6) is -0.770. The molecule has 0 saturated carbocycles. The van der Waals surface area contributed by atoms with Crippen molar-refractivity contribution in [3.05, 3.63) is 53.1 Å². The molecule has 2 aromatic carbocycles. The predicted octanol–water partition coefficient (Wildman–Crippen LogP) is 4.37. The van der Waals surface area contributed by atoms with Crippen LogP contribution in [0.1, 0.15) is 12.5 Å². The van der Waals surface area contributed by atoms with E-state index in [0.29, 0.717) is 11.4 Å². The van der Waals surface area contributed by atoms with Crippen LogP contribution in [0.2, 0.25) is 5.02 Å². The molecule has 5 nitrogen and oxygen atoms in total. The number of benzene rings is 2. The van der Waals surface area contributed by atoms with Crippen LogP contribution in [-0.2, 0) is 15.8 Å². The third-order valence-electron chi connectivity index (χ3n) is 3.19. The first-order valence-electron chi connectivity index (χ1n) is 7.43. The summed E-state index contributed by atoms with van der Waals surface area (Å²) in [5, 5.41) is 7.35. The number of anilines is 3. The molecule has 0 atom stereocenters. The minimum absolute atomic E-state index is 0.0134. The van der Waals surface area contributed by atoms with Gasteiger partial charge in [-0.05, 0) is 36.4 Å². The Morgan fingerprint density at radius 1 is 1.00 bits per heavy atom. The van der Waals surface area contributed by atoms with Crippen LogP contribution in [0.3, 0.4) is 0 Å². The monoisotopic (exact) mass is 385 g/mol. The van der Waals surface area contributed by atoms with Crippen molar-refractivity contribution < 1.29 is 22.8 Å². The second-order valence-electron chi connectivity index (χ2n) is 5.36. The number of nitrogens with one attached hydrogen (secondary N) is 3. The molecule has 0 aliphatic heterocycles. The van der Waals surface area contributed by atoms with E-state index in [9.17, 15) is 22.8 Å². The van der Waals surface area contributed by atoms with Gasteiger partial charge < -0.3 is 16.0 Å². The van der Waals surface area contributed by atoms with Crippen molar-refractivity contribution in [2.45, 2.75) is 13.1 Å². The van der Waals surface area contributed by atoms with Crippen LogP contribution >= 0.6 is 11.6 Å². The normalized spacial score (nSPS) is 11.0. The zero-order chi connectivity index (χ0) is 19.3. The Balaban J connectivity index is 1.98. The van der Waals surface area contributed by atoms with E-state index in [4.69, 9.17) is 11.6 Å². The molecule has 0 heterocycles. The van der Waals surface area contributed by atoms with E-state index in [1.165, 1.54) is 13.0 Å². The molecule has 0 fully saturated rings. The van der Waals surface area contributed by atoms with E-state index in [1.54, 1.807) is 24.3 Å². The number of carbonyl (C=O) groups excluding carboxylic acids is 2. The van der Waals surface area contributed by atoms with Gasteiger partial charge in [-0.1, -0.05) is 17.7 Å². The van der Waals surface area contributed by atoms with E-state index < -0.39 is 22.7 Å². The fraction of sp³-hybridized carbons (Fsp3) is 0.176. The fourth-order valence-corrected chi connectivity index (χ4v) is 2.34. The average molecular weight is 386 g/mol. The predicted molar refractivity (Wildman–Crippen MR) is 94.3 cm³/mol. The average Bonchev–Trinajstić information content (AvgIpc) is 2.53. The molecule has 0 saturated heterocycles. The van der Waals surface area contributed by atoms with E-state index in [-0.39, 0.29) is 18.1 Å². The molecular formula is C17H15ClF3N3O2. The number of hydrogen-bond donors (Lipinski definition) is 3. The molecule has 2 aromatic rings. The second-order valence-corrected chi connectivity index (χ2v) is 5.76. The van der Waals surface area contributed by atoms with Crippen molar-refractivity contribution in [1.29, 1.82) is 0 Å². The van der Waals surface area contributed by atoms with Crippen LogP contribution in [0.25, 0.3) is 0 Å². The molecule has 0 spiro atoms. The molecule has 0 unspecified atom stereocenters. The van der Waals surface area contributed by atoms with E-state index in [2.05, 4.69) is 16.0 Å². The zero-order valence-corrected chi connectivity index (χ0v) is 14.3. The van der Waals surface area contributed by atoms with E-state index >= 15 is 0 Å². The third kappa shape index (κ3) is 5.66. The second kappa shape index (κ2) is 8.09. The summed E-state index contributed by atoms with van der Waals surface area (Å²) in [4.78, 5) is 23.0. The van der Waals surface area contributed by atoms with Crippen LogP contribution in [0.4, 0.5) is 30.2 Å². The highest BCUT2D eigenvalue weighted by Gasteiger charge is 2.33. The van der Waals surface area contributed by atoms with Crippen LogP contribution in [0, 0.1) is 0 Å². The first-order chi connectivity index (χ1) is 12.1. The molecule has 0 aliphatic carbocycles. The lowest BCUT2D eigenvalue weighted by atomic mass is 10.2. The smallest absolute Gasteiger partial charge is 0.376 e. The van der Waals surface area contributed by atoms with Gasteiger partial charge in [0, 0.05) is 24.0 Å². The Morgan fingerprint density at radius 3 is 2.31 bits per heavy atom. The lowest BCUT2D eigenvalue weighted by Crippen LogP contribution is -2.22. The first kappa shape index (κ1) is 19.6. The Bertz CT molecular complexity index is 825. The van der Waals surface area contributed by atoms with Gasteiger partial charge in [-0.25, -0.2) is 0 Å². The van der Waals surface area contributed by atoms with E-state index in [1.807, 2.05) is 0 Å². The van der Waals surface area contributed by atoms with Crippen LogP contribution in [0.5, 0.6) is 0 Å². The van der Waals surface area contributed by atoms with Crippen LogP contribution < -0.4 is 16.0 Å². The SMILES string of the molecule is CC(=O)Nc1cccc(NCC(=O)Nc2ccc(Cl)c(C(F)(F)F)c2)c1. The standard InChI is InChI=1S/C17H15ClF3N3O2/c1-10(25)23-12-4-2-3-11(7-12)22-9-16(26)24-13-5-6-15(18)14(8-13)17(19,20)21/h2-8,22H,9H2,1H3,(H,23,25)(H,24,26). The number of carbonyl (C=O) groups is 2. The maximum Gasteiger partial charge on any atom is 0.417 e. The van der Waals surface area contributed by atoms with Crippen molar-refractivity contribution in [3.63, 3.8) is 0 Å². The highest BCUT2D eigenvalue weighted by Crippen LogP contribution is 2.36. The van der Waals surface area contributed by atoms with Crippen molar-refractivity contribution >= 4 is 40.5 Å². The molecule has 0 aromatic heterocycles. The Kier molecular flexibility index (Phi) is 6.10. The summed E-state index contributed by atoms with van der Waals surface area (Å²) >= 11 is 5.53. The number of halogens is 4. The summed E-state index contributed by atoms with van der Waals surface area (Å²) < 4.78 is 38.5. The van der Waals surface area contributed by atoms with Gasteiger partial charge in [-0.15, -0.1) is 0 Å². The summed E-state index contributed by atoms with van der Waals surface area (Å²) in [6.45, 7) is 1.20. The Hall–Kier alpha value is -2.74. The van der Waals surface area contributed by atoms with Gasteiger partial charge in [0.15, 0.2) is 0 Å². The molecule has 2 rings (SSSR count). The molecule has 0 bridgehead atoms. The van der Waals surface area contributed by atoms with E-state index in [0.717, 1.165) is 12.1 Å². The molecular weight excluding hydrogens is 371 g/mol. The zero-order valence-electron chi connectivity index (χ0n) is 13.6. The van der Waals surface area contributed by atoms with Gasteiger partial charge in [0.2, 0.25) is 11.8 Å². The maximum atomic E-state index is 12.8. The van der Waals surface area contributed by atoms with Crippen molar-refractivity contribution in [2.75, 3.05) is 22.5 Å². The van der Waals surface area contributed by atoms with Gasteiger partial charge >= 0.3 is 6.18 Å². The van der Waals surface area contributed by atoms with Gasteiger partial charge in [0.1, 0.15) is 0 Å². The fourth-order valence-electron chi connectivity index (χ4n) is 2.12. The minimum Gasteiger partial charge on any atom is -0.376 e. The van der Waals surface area contributed by atoms with Crippen LogP contribution in [-0.4, -0.2) is 18.4 Å².